The van der Waals surface area contributed by atoms with Crippen molar-refractivity contribution in [1.29, 1.82) is 0 Å². The lowest BCUT2D eigenvalue weighted by Crippen LogP contribution is -2.38. The molecule has 26 heavy (non-hydrogen) atoms. The molecular weight excluding hydrogens is 373 g/mol. The Morgan fingerprint density at radius 1 is 1.04 bits per heavy atom. The van der Waals surface area contributed by atoms with E-state index in [-0.39, 0.29) is 0 Å². The van der Waals surface area contributed by atoms with Crippen molar-refractivity contribution in [2.75, 3.05) is 16.6 Å². The highest BCUT2D eigenvalue weighted by Crippen LogP contribution is 2.26. The number of nitrogens with zero attached hydrogens (tertiary/aromatic N) is 3. The fourth-order valence-electron chi connectivity index (χ4n) is 2.67. The van der Waals surface area contributed by atoms with E-state index in [1.165, 1.54) is 5.56 Å². The topological polar surface area (TPSA) is 81.5 Å². The molecule has 10 heteroatoms. The number of aryl methyl sites for hydroxylation is 1. The number of hydrogen-bond donors (Lipinski definition) is 3. The van der Waals surface area contributed by atoms with Crippen molar-refractivity contribution >= 4 is 48.9 Å². The lowest BCUT2D eigenvalue weighted by molar-refractivity contribution is 0.566. The van der Waals surface area contributed by atoms with E-state index in [9.17, 15) is 5.02 Å². The van der Waals surface area contributed by atoms with Crippen molar-refractivity contribution in [3.05, 3.63) is 46.2 Å². The number of pyridine rings is 2. The molecule has 0 fully saturated rings. The largest absolute Gasteiger partial charge is 0.433 e. The fourth-order valence-corrected chi connectivity index (χ4v) is 2.97. The first-order valence-electron chi connectivity index (χ1n) is 8.54. The van der Waals surface area contributed by atoms with Crippen molar-refractivity contribution in [2.24, 2.45) is 0 Å². The van der Waals surface area contributed by atoms with Crippen LogP contribution in [0.1, 0.15) is 18.4 Å². The Labute approximate surface area is 164 Å². The number of hydrogen-bond acceptors (Lipinski definition) is 6. The zero-order valence-corrected chi connectivity index (χ0v) is 16.4. The van der Waals surface area contributed by atoms with Crippen LogP contribution in [0.3, 0.4) is 0 Å². The van der Waals surface area contributed by atoms with E-state index in [4.69, 9.17) is 28.2 Å². The van der Waals surface area contributed by atoms with E-state index >= 15 is 0 Å². The Kier molecular flexibility index (Phi) is 8.03. The molecule has 3 heterocycles. The molecule has 0 radical (unpaired) electrons. The summed E-state index contributed by atoms with van der Waals surface area (Å²) in [4.78, 5) is 10.1. The fraction of sp³-hybridized carbons (Fsp3) is 0.375. The molecule has 1 aliphatic rings. The predicted octanol–water partition coefficient (Wildman–Crippen LogP) is 3.25. The van der Waals surface area contributed by atoms with E-state index in [1.54, 1.807) is 31.8 Å². The van der Waals surface area contributed by atoms with Crippen molar-refractivity contribution in [3.63, 3.8) is 0 Å². The van der Waals surface area contributed by atoms with Crippen molar-refractivity contribution in [3.8, 4) is 0 Å². The molecule has 0 unspecified atom stereocenters. The second kappa shape index (κ2) is 10.0. The maximum atomic E-state index is 9.68. The van der Waals surface area contributed by atoms with Gasteiger partial charge >= 0.3 is 14.1 Å². The van der Waals surface area contributed by atoms with Gasteiger partial charge in [-0.2, -0.15) is 0 Å². The standard InChI is InChI=1S/C10H14BClN2O.C6H8BClN2O/c1-11(15)14-7-3-2-4-8-5-6-9(12)13-10(8)14;1-7(11)10-6-4-2-3-5(8)9-6/h5-6,15H,2-4,7H2,1H3;2-4,11H,1H3,(H,9,10). The first-order valence-corrected chi connectivity index (χ1v) is 9.29. The summed E-state index contributed by atoms with van der Waals surface area (Å²) in [5, 5.41) is 22.2. The number of halogens is 2. The molecular formula is C16H22B2Cl2N4O2. The van der Waals surface area contributed by atoms with Gasteiger partial charge in [0.2, 0.25) is 0 Å². The summed E-state index contributed by atoms with van der Waals surface area (Å²) in [6, 6.07) is 8.99. The van der Waals surface area contributed by atoms with Gasteiger partial charge in [0.05, 0.1) is 0 Å². The minimum atomic E-state index is -0.610. The van der Waals surface area contributed by atoms with E-state index in [1.807, 2.05) is 16.9 Å². The van der Waals surface area contributed by atoms with Crippen LogP contribution in [0, 0.1) is 0 Å². The first kappa shape index (κ1) is 20.8. The van der Waals surface area contributed by atoms with Crippen LogP contribution in [-0.4, -0.2) is 40.7 Å². The third kappa shape index (κ3) is 6.36. The molecule has 0 saturated heterocycles. The third-order valence-corrected chi connectivity index (χ3v) is 4.23. The predicted molar refractivity (Wildman–Crippen MR) is 110 cm³/mol. The molecule has 0 aromatic carbocycles. The summed E-state index contributed by atoms with van der Waals surface area (Å²) in [7, 11) is -1.12. The Morgan fingerprint density at radius 2 is 1.77 bits per heavy atom. The van der Waals surface area contributed by atoms with E-state index in [2.05, 4.69) is 15.2 Å². The molecule has 3 rings (SSSR count). The molecule has 1 aliphatic heterocycles. The number of anilines is 2. The van der Waals surface area contributed by atoms with Gasteiger partial charge in [-0.1, -0.05) is 35.3 Å². The van der Waals surface area contributed by atoms with Crippen LogP contribution in [0.5, 0.6) is 0 Å². The third-order valence-electron chi connectivity index (χ3n) is 3.81. The smallest absolute Gasteiger partial charge is 0.410 e. The lowest BCUT2D eigenvalue weighted by Gasteiger charge is -2.24. The second-order valence-corrected chi connectivity index (χ2v) is 6.84. The molecule has 0 bridgehead atoms. The minimum absolute atomic E-state index is 0.413. The summed E-state index contributed by atoms with van der Waals surface area (Å²) in [6.45, 7) is 4.22. The minimum Gasteiger partial charge on any atom is -0.433 e. The number of fused-ring (bicyclic) bond motifs is 1. The van der Waals surface area contributed by atoms with Gasteiger partial charge in [-0.25, -0.2) is 9.97 Å². The van der Waals surface area contributed by atoms with E-state index < -0.39 is 14.1 Å². The highest BCUT2D eigenvalue weighted by molar-refractivity contribution is 6.53. The maximum absolute atomic E-state index is 9.68. The average molecular weight is 395 g/mol. The summed E-state index contributed by atoms with van der Waals surface area (Å²) in [5.41, 5.74) is 1.18. The van der Waals surface area contributed by atoms with Gasteiger partial charge in [0.15, 0.2) is 0 Å². The van der Waals surface area contributed by atoms with E-state index in [0.717, 1.165) is 31.6 Å². The molecule has 3 N–H and O–H groups in total. The summed E-state index contributed by atoms with van der Waals surface area (Å²) in [5.74, 6) is 1.42. The van der Waals surface area contributed by atoms with Gasteiger partial charge in [0, 0.05) is 6.54 Å². The van der Waals surface area contributed by atoms with Gasteiger partial charge in [-0.05, 0) is 56.7 Å². The monoisotopic (exact) mass is 394 g/mol. The maximum Gasteiger partial charge on any atom is 0.410 e. The molecule has 0 spiro atoms. The first-order chi connectivity index (χ1) is 12.4. The summed E-state index contributed by atoms with van der Waals surface area (Å²) < 4.78 is 0. The molecule has 0 amide bonds. The molecule has 0 atom stereocenters. The molecule has 2 aromatic heterocycles. The number of aromatic nitrogens is 2. The Hall–Kier alpha value is -1.47. The van der Waals surface area contributed by atoms with Crippen molar-refractivity contribution in [1.82, 2.24) is 9.97 Å². The Bertz CT molecular complexity index is 722. The van der Waals surface area contributed by atoms with Gasteiger partial charge in [-0.3, -0.25) is 0 Å². The SMILES string of the molecule is CB(O)N1CCCCc2ccc(Cl)nc21.CB(O)Nc1cccc(Cl)n1. The molecule has 0 saturated carbocycles. The van der Waals surface area contributed by atoms with Crippen LogP contribution in [0.25, 0.3) is 0 Å². The van der Waals surface area contributed by atoms with Crippen LogP contribution >= 0.6 is 23.2 Å². The van der Waals surface area contributed by atoms with Crippen LogP contribution in [0.15, 0.2) is 30.3 Å². The highest BCUT2D eigenvalue weighted by Gasteiger charge is 2.23. The van der Waals surface area contributed by atoms with Crippen LogP contribution in [-0.2, 0) is 6.42 Å². The normalized spacial score (nSPS) is 13.1. The summed E-state index contributed by atoms with van der Waals surface area (Å²) in [6.07, 6.45) is 3.24. The van der Waals surface area contributed by atoms with Crippen LogP contribution in [0.4, 0.5) is 11.6 Å². The van der Waals surface area contributed by atoms with Gasteiger partial charge in [0.1, 0.15) is 21.9 Å². The average Bonchev–Trinajstić information content (AvgIpc) is 2.77. The van der Waals surface area contributed by atoms with Gasteiger partial charge < -0.3 is 20.1 Å². The number of rotatable bonds is 3. The zero-order valence-electron chi connectivity index (χ0n) is 14.9. The second-order valence-electron chi connectivity index (χ2n) is 6.06. The molecule has 138 valence electrons. The Balaban J connectivity index is 0.000000197. The lowest BCUT2D eigenvalue weighted by atomic mass is 9.84. The summed E-state index contributed by atoms with van der Waals surface area (Å²) >= 11 is 11.5. The van der Waals surface area contributed by atoms with E-state index in [0.29, 0.717) is 16.1 Å². The quantitative estimate of drug-likeness (QED) is 0.547. The molecule has 6 nitrogen and oxygen atoms in total. The van der Waals surface area contributed by atoms with Gasteiger partial charge in [0.25, 0.3) is 0 Å². The highest BCUT2D eigenvalue weighted by atomic mass is 35.5. The Morgan fingerprint density at radius 3 is 2.42 bits per heavy atom. The zero-order chi connectivity index (χ0) is 19.1. The molecule has 0 aliphatic carbocycles. The van der Waals surface area contributed by atoms with Crippen LogP contribution in [0.2, 0.25) is 24.0 Å². The molecule has 2 aromatic rings. The van der Waals surface area contributed by atoms with Gasteiger partial charge in [-0.15, -0.1) is 0 Å². The number of nitrogens with one attached hydrogen (secondary N) is 1. The van der Waals surface area contributed by atoms with Crippen molar-refractivity contribution in [2.45, 2.75) is 32.9 Å². The van der Waals surface area contributed by atoms with Crippen LogP contribution < -0.4 is 10.0 Å². The van der Waals surface area contributed by atoms with Crippen molar-refractivity contribution < 1.29 is 10.0 Å².